The Morgan fingerprint density at radius 2 is 1.95 bits per heavy atom. The summed E-state index contributed by atoms with van der Waals surface area (Å²) >= 11 is 0. The van der Waals surface area contributed by atoms with E-state index in [2.05, 4.69) is 5.32 Å². The first-order valence-electron chi connectivity index (χ1n) is 6.78. The predicted molar refractivity (Wildman–Crippen MR) is 79.6 cm³/mol. The molecule has 19 heavy (non-hydrogen) atoms. The van der Waals surface area contributed by atoms with E-state index in [0.29, 0.717) is 6.54 Å². The average Bonchev–Trinajstić information content (AvgIpc) is 2.40. The molecular weight excluding hydrogens is 238 g/mol. The highest BCUT2D eigenvalue weighted by atomic mass is 16.1. The molecule has 5 N–H and O–H groups in total. The van der Waals surface area contributed by atoms with Gasteiger partial charge >= 0.3 is 0 Å². The van der Waals surface area contributed by atoms with Crippen LogP contribution < -0.4 is 16.8 Å². The van der Waals surface area contributed by atoms with Gasteiger partial charge in [-0.3, -0.25) is 4.79 Å². The SMILES string of the molecule is CCC(C)(N)C(C)C(=O)NCCc1ccc(N)cc1. The number of nitrogens with two attached hydrogens (primary N) is 2. The summed E-state index contributed by atoms with van der Waals surface area (Å²) in [6.45, 7) is 6.41. The minimum absolute atomic E-state index is 0.0160. The molecule has 4 nitrogen and oxygen atoms in total. The van der Waals surface area contributed by atoms with E-state index in [9.17, 15) is 4.79 Å². The van der Waals surface area contributed by atoms with Crippen LogP contribution in [-0.2, 0) is 11.2 Å². The van der Waals surface area contributed by atoms with E-state index >= 15 is 0 Å². The lowest BCUT2D eigenvalue weighted by Gasteiger charge is -2.29. The smallest absolute Gasteiger partial charge is 0.224 e. The molecule has 106 valence electrons. The van der Waals surface area contributed by atoms with Crippen molar-refractivity contribution in [1.29, 1.82) is 0 Å². The quantitative estimate of drug-likeness (QED) is 0.683. The highest BCUT2D eigenvalue weighted by Crippen LogP contribution is 2.17. The lowest BCUT2D eigenvalue weighted by atomic mass is 9.85. The molecule has 1 amide bonds. The van der Waals surface area contributed by atoms with Gasteiger partial charge in [-0.2, -0.15) is 0 Å². The number of amides is 1. The van der Waals surface area contributed by atoms with Crippen molar-refractivity contribution in [2.24, 2.45) is 11.7 Å². The fourth-order valence-electron chi connectivity index (χ4n) is 1.77. The topological polar surface area (TPSA) is 81.1 Å². The number of hydrogen-bond acceptors (Lipinski definition) is 3. The molecular formula is C15H25N3O. The van der Waals surface area contributed by atoms with Gasteiger partial charge < -0.3 is 16.8 Å². The van der Waals surface area contributed by atoms with Gasteiger partial charge in [-0.05, 0) is 37.5 Å². The minimum Gasteiger partial charge on any atom is -0.399 e. The summed E-state index contributed by atoms with van der Waals surface area (Å²) in [7, 11) is 0. The summed E-state index contributed by atoms with van der Waals surface area (Å²) in [4.78, 5) is 12.0. The maximum absolute atomic E-state index is 12.0. The average molecular weight is 263 g/mol. The molecule has 2 unspecified atom stereocenters. The van der Waals surface area contributed by atoms with Crippen LogP contribution >= 0.6 is 0 Å². The van der Waals surface area contributed by atoms with Crippen LogP contribution in [0.25, 0.3) is 0 Å². The summed E-state index contributed by atoms with van der Waals surface area (Å²) < 4.78 is 0. The fraction of sp³-hybridized carbons (Fsp3) is 0.533. The molecule has 0 fully saturated rings. The van der Waals surface area contributed by atoms with Gasteiger partial charge in [-0.25, -0.2) is 0 Å². The summed E-state index contributed by atoms with van der Waals surface area (Å²) in [6.07, 6.45) is 1.58. The molecule has 0 radical (unpaired) electrons. The lowest BCUT2D eigenvalue weighted by Crippen LogP contribution is -2.49. The molecule has 0 heterocycles. The Bertz CT molecular complexity index is 412. The van der Waals surface area contributed by atoms with Crippen LogP contribution in [-0.4, -0.2) is 18.0 Å². The zero-order valence-electron chi connectivity index (χ0n) is 12.1. The zero-order chi connectivity index (χ0) is 14.5. The van der Waals surface area contributed by atoms with Crippen LogP contribution in [0.5, 0.6) is 0 Å². The van der Waals surface area contributed by atoms with Crippen LogP contribution in [0.3, 0.4) is 0 Å². The summed E-state index contributed by atoms with van der Waals surface area (Å²) in [5, 5.41) is 2.94. The monoisotopic (exact) mass is 263 g/mol. The Labute approximate surface area is 115 Å². The van der Waals surface area contributed by atoms with E-state index < -0.39 is 5.54 Å². The van der Waals surface area contributed by atoms with Crippen molar-refractivity contribution in [2.75, 3.05) is 12.3 Å². The van der Waals surface area contributed by atoms with Crippen LogP contribution in [0.2, 0.25) is 0 Å². The first-order chi connectivity index (χ1) is 8.86. The van der Waals surface area contributed by atoms with Gasteiger partial charge in [0.2, 0.25) is 5.91 Å². The van der Waals surface area contributed by atoms with E-state index in [4.69, 9.17) is 11.5 Å². The molecule has 0 spiro atoms. The van der Waals surface area contributed by atoms with E-state index in [1.807, 2.05) is 45.0 Å². The van der Waals surface area contributed by atoms with E-state index in [0.717, 1.165) is 24.1 Å². The van der Waals surface area contributed by atoms with Gasteiger partial charge in [-0.15, -0.1) is 0 Å². The highest BCUT2D eigenvalue weighted by molar-refractivity contribution is 5.79. The van der Waals surface area contributed by atoms with Crippen LogP contribution in [0, 0.1) is 5.92 Å². The van der Waals surface area contributed by atoms with Gasteiger partial charge in [0.1, 0.15) is 0 Å². The molecule has 1 aromatic carbocycles. The van der Waals surface area contributed by atoms with Gasteiger partial charge in [0, 0.05) is 17.8 Å². The molecule has 2 atom stereocenters. The highest BCUT2D eigenvalue weighted by Gasteiger charge is 2.29. The molecule has 0 aromatic heterocycles. The summed E-state index contributed by atoms with van der Waals surface area (Å²) in [5.41, 5.74) is 13.2. The van der Waals surface area contributed by atoms with Gasteiger partial charge in [-0.1, -0.05) is 26.0 Å². The third kappa shape index (κ3) is 4.56. The van der Waals surface area contributed by atoms with Gasteiger partial charge in [0.25, 0.3) is 0 Å². The van der Waals surface area contributed by atoms with Gasteiger partial charge in [0.05, 0.1) is 5.92 Å². The number of carbonyl (C=O) groups excluding carboxylic acids is 1. The third-order valence-electron chi connectivity index (χ3n) is 3.84. The van der Waals surface area contributed by atoms with Gasteiger partial charge in [0.15, 0.2) is 0 Å². The van der Waals surface area contributed by atoms with E-state index in [1.165, 1.54) is 0 Å². The van der Waals surface area contributed by atoms with Crippen molar-refractivity contribution < 1.29 is 4.79 Å². The Morgan fingerprint density at radius 3 is 2.47 bits per heavy atom. The molecule has 0 bridgehead atoms. The van der Waals surface area contributed by atoms with Crippen molar-refractivity contribution in [3.8, 4) is 0 Å². The maximum Gasteiger partial charge on any atom is 0.224 e. The first-order valence-corrected chi connectivity index (χ1v) is 6.78. The first kappa shape index (κ1) is 15.5. The second kappa shape index (κ2) is 6.57. The maximum atomic E-state index is 12.0. The Kier molecular flexibility index (Phi) is 5.36. The molecule has 0 aliphatic heterocycles. The summed E-state index contributed by atoms with van der Waals surface area (Å²) in [5.74, 6) is -0.175. The van der Waals surface area contributed by atoms with E-state index in [1.54, 1.807) is 0 Å². The normalized spacial score (nSPS) is 15.6. The number of carbonyl (C=O) groups is 1. The van der Waals surface area contributed by atoms with Crippen LogP contribution in [0.4, 0.5) is 5.69 Å². The fourth-order valence-corrected chi connectivity index (χ4v) is 1.77. The van der Waals surface area contributed by atoms with Crippen molar-refractivity contribution in [2.45, 2.75) is 39.2 Å². The van der Waals surface area contributed by atoms with Crippen molar-refractivity contribution in [1.82, 2.24) is 5.32 Å². The second-order valence-corrected chi connectivity index (χ2v) is 5.36. The Morgan fingerprint density at radius 1 is 1.37 bits per heavy atom. The molecule has 0 aliphatic rings. The molecule has 1 rings (SSSR count). The number of nitrogens with one attached hydrogen (secondary N) is 1. The summed E-state index contributed by atoms with van der Waals surface area (Å²) in [6, 6.07) is 7.69. The van der Waals surface area contributed by atoms with Crippen molar-refractivity contribution in [3.05, 3.63) is 29.8 Å². The molecule has 4 heteroatoms. The Hall–Kier alpha value is -1.55. The standard InChI is InChI=1S/C15H25N3O/c1-4-15(3,17)11(2)14(19)18-10-9-12-5-7-13(16)8-6-12/h5-8,11H,4,9-10,16-17H2,1-3H3,(H,18,19). The molecule has 0 saturated carbocycles. The van der Waals surface area contributed by atoms with E-state index in [-0.39, 0.29) is 11.8 Å². The minimum atomic E-state index is -0.453. The molecule has 0 saturated heterocycles. The van der Waals surface area contributed by atoms with Crippen LogP contribution in [0.1, 0.15) is 32.8 Å². The van der Waals surface area contributed by atoms with Crippen LogP contribution in [0.15, 0.2) is 24.3 Å². The third-order valence-corrected chi connectivity index (χ3v) is 3.84. The zero-order valence-corrected chi connectivity index (χ0v) is 12.1. The number of benzene rings is 1. The van der Waals surface area contributed by atoms with Crippen molar-refractivity contribution >= 4 is 11.6 Å². The lowest BCUT2D eigenvalue weighted by molar-refractivity contribution is -0.126. The van der Waals surface area contributed by atoms with Crippen molar-refractivity contribution in [3.63, 3.8) is 0 Å². The number of rotatable bonds is 6. The molecule has 0 aliphatic carbocycles. The number of anilines is 1. The largest absolute Gasteiger partial charge is 0.399 e. The predicted octanol–water partition coefficient (Wildman–Crippen LogP) is 1.69. The number of nitrogen functional groups attached to an aromatic ring is 1. The molecule has 1 aromatic rings. The number of hydrogen-bond donors (Lipinski definition) is 3. The second-order valence-electron chi connectivity index (χ2n) is 5.36. The Balaban J connectivity index is 2.41.